The number of hydrogen-bond acceptors (Lipinski definition) is 4. The first-order chi connectivity index (χ1) is 12.9. The van der Waals surface area contributed by atoms with Crippen LogP contribution in [0.25, 0.3) is 0 Å². The zero-order chi connectivity index (χ0) is 21.1. The standard InChI is InChI=1S/C10H6Cl6O3.C7H6O2/c11-9(12,13)7-5-3-4(17)1-2-6(5)18-8(19-7)10(14,15)16;8-7(9)6-4-2-1-3-5-6/h1-3,7-8,17H;1-5H,(H,8,9). The van der Waals surface area contributed by atoms with Gasteiger partial charge in [0.2, 0.25) is 10.1 Å². The van der Waals surface area contributed by atoms with Crippen molar-refractivity contribution in [2.75, 3.05) is 0 Å². The minimum Gasteiger partial charge on any atom is -0.508 e. The lowest BCUT2D eigenvalue weighted by atomic mass is 10.1. The fourth-order valence-corrected chi connectivity index (χ4v) is 2.96. The molecule has 1 aliphatic heterocycles. The minimum absolute atomic E-state index is 0.0301. The van der Waals surface area contributed by atoms with Gasteiger partial charge in [0.15, 0.2) is 0 Å². The normalized spacial score (nSPS) is 18.9. The van der Waals surface area contributed by atoms with Crippen LogP contribution in [0.1, 0.15) is 22.0 Å². The van der Waals surface area contributed by atoms with Gasteiger partial charge in [0.05, 0.1) is 5.56 Å². The van der Waals surface area contributed by atoms with Gasteiger partial charge in [-0.2, -0.15) is 0 Å². The summed E-state index contributed by atoms with van der Waals surface area (Å²) >= 11 is 34.7. The Bertz CT molecular complexity index is 819. The number of aromatic carboxylic acids is 1. The lowest BCUT2D eigenvalue weighted by Gasteiger charge is -2.38. The number of alkyl halides is 6. The number of carboxylic acid groups (broad SMARTS) is 1. The first-order valence-corrected chi connectivity index (χ1v) is 9.73. The van der Waals surface area contributed by atoms with E-state index >= 15 is 0 Å². The van der Waals surface area contributed by atoms with Crippen LogP contribution in [0.4, 0.5) is 0 Å². The van der Waals surface area contributed by atoms with Crippen molar-refractivity contribution >= 4 is 75.6 Å². The van der Waals surface area contributed by atoms with Crippen LogP contribution in [-0.2, 0) is 4.74 Å². The van der Waals surface area contributed by atoms with Crippen LogP contribution in [0, 0.1) is 0 Å². The van der Waals surface area contributed by atoms with Gasteiger partial charge in [-0.3, -0.25) is 0 Å². The molecule has 0 bridgehead atoms. The number of carboxylic acids is 1. The molecular weight excluding hydrogens is 497 g/mol. The molecule has 0 fully saturated rings. The van der Waals surface area contributed by atoms with Crippen LogP contribution < -0.4 is 4.74 Å². The highest BCUT2D eigenvalue weighted by Crippen LogP contribution is 2.51. The number of carbonyl (C=O) groups is 1. The van der Waals surface area contributed by atoms with Crippen molar-refractivity contribution in [1.82, 2.24) is 0 Å². The van der Waals surface area contributed by atoms with Crippen LogP contribution in [0.5, 0.6) is 11.5 Å². The molecule has 152 valence electrons. The maximum Gasteiger partial charge on any atom is 0.335 e. The third-order valence-corrected chi connectivity index (χ3v) is 4.48. The van der Waals surface area contributed by atoms with Gasteiger partial charge in [-0.05, 0) is 30.3 Å². The summed E-state index contributed by atoms with van der Waals surface area (Å²) in [6, 6.07) is 12.5. The van der Waals surface area contributed by atoms with Crippen molar-refractivity contribution in [2.24, 2.45) is 0 Å². The Balaban J connectivity index is 0.000000261. The molecule has 2 unspecified atom stereocenters. The highest BCUT2D eigenvalue weighted by Gasteiger charge is 2.48. The maximum absolute atomic E-state index is 10.2. The number of halogens is 6. The average molecular weight is 509 g/mol. The molecule has 3 rings (SSSR count). The molecule has 0 saturated heterocycles. The van der Waals surface area contributed by atoms with Crippen LogP contribution in [0.3, 0.4) is 0 Å². The molecule has 2 aromatic carbocycles. The monoisotopic (exact) mass is 506 g/mol. The lowest BCUT2D eigenvalue weighted by Crippen LogP contribution is -2.42. The zero-order valence-corrected chi connectivity index (χ0v) is 18.2. The van der Waals surface area contributed by atoms with Gasteiger partial charge in [0.1, 0.15) is 17.6 Å². The van der Waals surface area contributed by atoms with Gasteiger partial charge in [-0.15, -0.1) is 0 Å². The Morgan fingerprint density at radius 1 is 0.929 bits per heavy atom. The topological polar surface area (TPSA) is 76.0 Å². The predicted octanol–water partition coefficient (Wildman–Crippen LogP) is 6.29. The van der Waals surface area contributed by atoms with E-state index in [-0.39, 0.29) is 5.75 Å². The summed E-state index contributed by atoms with van der Waals surface area (Å²) in [6.45, 7) is 0. The average Bonchev–Trinajstić information content (AvgIpc) is 2.60. The zero-order valence-electron chi connectivity index (χ0n) is 13.7. The molecular formula is C17H12Cl6O5. The highest BCUT2D eigenvalue weighted by molar-refractivity contribution is 6.68. The molecule has 28 heavy (non-hydrogen) atoms. The van der Waals surface area contributed by atoms with Gasteiger partial charge in [-0.1, -0.05) is 87.8 Å². The van der Waals surface area contributed by atoms with E-state index in [0.717, 1.165) is 0 Å². The van der Waals surface area contributed by atoms with Gasteiger partial charge in [0.25, 0.3) is 3.79 Å². The summed E-state index contributed by atoms with van der Waals surface area (Å²) in [7, 11) is 0. The molecule has 1 heterocycles. The predicted molar refractivity (Wildman–Crippen MR) is 110 cm³/mol. The third kappa shape index (κ3) is 6.36. The SMILES string of the molecule is O=C(O)c1ccccc1.Oc1ccc2c(c1)C(C(Cl)(Cl)Cl)OC(C(Cl)(Cl)Cl)O2. The quantitative estimate of drug-likeness (QED) is 0.442. The maximum atomic E-state index is 10.2. The van der Waals surface area contributed by atoms with Crippen molar-refractivity contribution in [3.8, 4) is 11.5 Å². The number of hydrogen-bond donors (Lipinski definition) is 2. The molecule has 0 aliphatic carbocycles. The molecule has 0 spiro atoms. The number of benzene rings is 2. The number of aromatic hydroxyl groups is 1. The van der Waals surface area contributed by atoms with Gasteiger partial charge in [-0.25, -0.2) is 4.79 Å². The van der Waals surface area contributed by atoms with E-state index in [4.69, 9.17) is 84.2 Å². The van der Waals surface area contributed by atoms with Crippen molar-refractivity contribution in [3.63, 3.8) is 0 Å². The molecule has 0 radical (unpaired) electrons. The van der Waals surface area contributed by atoms with Gasteiger partial charge < -0.3 is 19.7 Å². The molecule has 0 aromatic heterocycles. The Hall–Kier alpha value is -0.790. The second-order valence-electron chi connectivity index (χ2n) is 5.44. The van der Waals surface area contributed by atoms with Crippen molar-refractivity contribution < 1.29 is 24.5 Å². The van der Waals surface area contributed by atoms with E-state index < -0.39 is 25.9 Å². The molecule has 2 N–H and O–H groups in total. The van der Waals surface area contributed by atoms with Gasteiger partial charge >= 0.3 is 5.97 Å². The van der Waals surface area contributed by atoms with Gasteiger partial charge in [0, 0.05) is 5.56 Å². The highest BCUT2D eigenvalue weighted by atomic mass is 35.6. The van der Waals surface area contributed by atoms with E-state index in [0.29, 0.717) is 16.9 Å². The molecule has 2 atom stereocenters. The summed E-state index contributed by atoms with van der Waals surface area (Å²) in [4.78, 5) is 10.2. The smallest absolute Gasteiger partial charge is 0.335 e. The summed E-state index contributed by atoms with van der Waals surface area (Å²) in [5.74, 6) is -0.607. The molecule has 11 heteroatoms. The number of fused-ring (bicyclic) bond motifs is 1. The summed E-state index contributed by atoms with van der Waals surface area (Å²) in [5.41, 5.74) is 0.683. The van der Waals surface area contributed by atoms with Crippen LogP contribution in [0.15, 0.2) is 48.5 Å². The van der Waals surface area contributed by atoms with Crippen LogP contribution >= 0.6 is 69.6 Å². The van der Waals surface area contributed by atoms with Crippen LogP contribution in [0.2, 0.25) is 0 Å². The molecule has 5 nitrogen and oxygen atoms in total. The van der Waals surface area contributed by atoms with E-state index in [1.165, 1.54) is 18.2 Å². The summed E-state index contributed by atoms with van der Waals surface area (Å²) in [6.07, 6.45) is -2.29. The lowest BCUT2D eigenvalue weighted by molar-refractivity contribution is -0.136. The van der Waals surface area contributed by atoms with Crippen molar-refractivity contribution in [2.45, 2.75) is 20.0 Å². The van der Waals surface area contributed by atoms with Crippen LogP contribution in [-0.4, -0.2) is 30.1 Å². The first-order valence-electron chi connectivity index (χ1n) is 7.46. The number of rotatable bonds is 1. The van der Waals surface area contributed by atoms with Crippen molar-refractivity contribution in [1.29, 1.82) is 0 Å². The second kappa shape index (κ2) is 9.35. The van der Waals surface area contributed by atoms with E-state index in [2.05, 4.69) is 0 Å². The Labute approximate surface area is 190 Å². The fraction of sp³-hybridized carbons (Fsp3) is 0.235. The molecule has 0 amide bonds. The first kappa shape index (κ1) is 23.5. The largest absolute Gasteiger partial charge is 0.508 e. The molecule has 2 aromatic rings. The molecule has 1 aliphatic rings. The van der Waals surface area contributed by atoms with E-state index in [1.54, 1.807) is 30.3 Å². The van der Waals surface area contributed by atoms with E-state index in [9.17, 15) is 9.90 Å². The summed E-state index contributed by atoms with van der Waals surface area (Å²) in [5, 5.41) is 17.9. The number of phenols is 1. The second-order valence-corrected chi connectivity index (χ2v) is 10.2. The number of ether oxygens (including phenoxy) is 2. The molecule has 0 saturated carbocycles. The fourth-order valence-electron chi connectivity index (χ4n) is 2.17. The third-order valence-electron chi connectivity index (χ3n) is 3.35. The minimum atomic E-state index is -1.86. The Morgan fingerprint density at radius 3 is 2.00 bits per heavy atom. The summed E-state index contributed by atoms with van der Waals surface area (Å²) < 4.78 is 7.07. The number of phenolic OH excluding ortho intramolecular Hbond substituents is 1. The van der Waals surface area contributed by atoms with Crippen molar-refractivity contribution in [3.05, 3.63) is 59.7 Å². The Morgan fingerprint density at radius 2 is 1.54 bits per heavy atom. The Kier molecular flexibility index (Phi) is 7.84. The van der Waals surface area contributed by atoms with E-state index in [1.807, 2.05) is 0 Å².